The quantitative estimate of drug-likeness (QED) is 0.602. The Balaban J connectivity index is 2.16. The van der Waals surface area contributed by atoms with Gasteiger partial charge in [0, 0.05) is 18.3 Å². The molecule has 0 saturated carbocycles. The molecule has 0 N–H and O–H groups in total. The smallest absolute Gasteiger partial charge is 0.358 e. The average Bonchev–Trinajstić information content (AvgIpc) is 3.08. The summed E-state index contributed by atoms with van der Waals surface area (Å²) in [6.07, 6.45) is 1.46. The fourth-order valence-corrected chi connectivity index (χ4v) is 2.63. The number of hydrogen-bond donors (Lipinski definition) is 0. The first-order valence-corrected chi connectivity index (χ1v) is 8.48. The summed E-state index contributed by atoms with van der Waals surface area (Å²) in [6, 6.07) is 10.3. The summed E-state index contributed by atoms with van der Waals surface area (Å²) < 4.78 is 39.7. The molecule has 0 unspecified atom stereocenters. The fourth-order valence-electron chi connectivity index (χ4n) is 2.63. The lowest BCUT2D eigenvalue weighted by atomic mass is 10.2. The Morgan fingerprint density at radius 3 is 2.63 bits per heavy atom. The Morgan fingerprint density at radius 2 is 1.93 bits per heavy atom. The van der Waals surface area contributed by atoms with Gasteiger partial charge in [-0.1, -0.05) is 6.07 Å². The van der Waals surface area contributed by atoms with Crippen LogP contribution in [0.15, 0.2) is 48.7 Å². The molecule has 2 aromatic carbocycles. The fraction of sp³-hybridized carbons (Fsp3) is 0.200. The van der Waals surface area contributed by atoms with Crippen molar-refractivity contribution in [1.29, 1.82) is 0 Å². The predicted octanol–water partition coefficient (Wildman–Crippen LogP) is 4.39. The number of halogens is 2. The highest BCUT2D eigenvalue weighted by atomic mass is 19.1. The Hall–Kier alpha value is -3.22. The van der Waals surface area contributed by atoms with Gasteiger partial charge in [-0.15, -0.1) is 0 Å². The first-order valence-electron chi connectivity index (χ1n) is 8.48. The number of ether oxygens (including phenoxy) is 2. The van der Waals surface area contributed by atoms with Crippen molar-refractivity contribution in [2.45, 2.75) is 13.8 Å². The summed E-state index contributed by atoms with van der Waals surface area (Å²) in [6.45, 7) is 4.22. The number of rotatable bonds is 6. The first kappa shape index (κ1) is 18.6. The third-order valence-corrected chi connectivity index (χ3v) is 3.77. The van der Waals surface area contributed by atoms with E-state index in [4.69, 9.17) is 9.47 Å². The topological polar surface area (TPSA) is 53.4 Å². The number of esters is 1. The minimum atomic E-state index is -0.779. The third-order valence-electron chi connectivity index (χ3n) is 3.77. The molecule has 0 aliphatic rings. The molecule has 1 heterocycles. The number of aromatic nitrogens is 2. The maximum Gasteiger partial charge on any atom is 0.358 e. The lowest BCUT2D eigenvalue weighted by Gasteiger charge is -2.10. The van der Waals surface area contributed by atoms with Gasteiger partial charge in [0.05, 0.1) is 24.5 Å². The van der Waals surface area contributed by atoms with Gasteiger partial charge in [-0.2, -0.15) is 0 Å². The number of carbonyl (C=O) groups excluding carboxylic acids is 1. The molecular weight excluding hydrogens is 354 g/mol. The second-order valence-corrected chi connectivity index (χ2v) is 5.59. The number of imidazole rings is 1. The van der Waals surface area contributed by atoms with Gasteiger partial charge in [0.1, 0.15) is 23.2 Å². The maximum atomic E-state index is 14.4. The van der Waals surface area contributed by atoms with Crippen molar-refractivity contribution in [2.24, 2.45) is 0 Å². The molecule has 3 rings (SSSR count). The van der Waals surface area contributed by atoms with Gasteiger partial charge in [0.15, 0.2) is 5.69 Å². The number of nitrogens with zero attached hydrogens (tertiary/aromatic N) is 2. The molecule has 5 nitrogen and oxygen atoms in total. The van der Waals surface area contributed by atoms with Crippen LogP contribution in [0.4, 0.5) is 8.78 Å². The molecular formula is C20H18F2N2O3. The molecule has 0 bridgehead atoms. The zero-order valence-electron chi connectivity index (χ0n) is 14.9. The Kier molecular flexibility index (Phi) is 5.49. The second-order valence-electron chi connectivity index (χ2n) is 5.59. The summed E-state index contributed by atoms with van der Waals surface area (Å²) in [5, 5.41) is 0. The summed E-state index contributed by atoms with van der Waals surface area (Å²) in [5.74, 6) is -1.33. The SMILES string of the molecule is CCOC(=O)c1cn(-c2cccc(OCC)c2)c(-c2ccc(F)cc2F)n1. The summed E-state index contributed by atoms with van der Waals surface area (Å²) in [7, 11) is 0. The van der Waals surface area contributed by atoms with Crippen LogP contribution >= 0.6 is 0 Å². The largest absolute Gasteiger partial charge is 0.494 e. The predicted molar refractivity (Wildman–Crippen MR) is 96.0 cm³/mol. The van der Waals surface area contributed by atoms with Crippen LogP contribution < -0.4 is 4.74 Å². The molecule has 1 aromatic heterocycles. The second kappa shape index (κ2) is 7.99. The highest BCUT2D eigenvalue weighted by Gasteiger charge is 2.20. The van der Waals surface area contributed by atoms with Crippen molar-refractivity contribution in [3.63, 3.8) is 0 Å². The van der Waals surface area contributed by atoms with E-state index in [-0.39, 0.29) is 23.7 Å². The van der Waals surface area contributed by atoms with Crippen LogP contribution in [0, 0.1) is 11.6 Å². The lowest BCUT2D eigenvalue weighted by molar-refractivity contribution is 0.0520. The maximum absolute atomic E-state index is 14.4. The Bertz CT molecular complexity index is 970. The van der Waals surface area contributed by atoms with Gasteiger partial charge in [-0.3, -0.25) is 4.57 Å². The van der Waals surface area contributed by atoms with Crippen LogP contribution in [0.1, 0.15) is 24.3 Å². The first-order chi connectivity index (χ1) is 13.0. The molecule has 140 valence electrons. The van der Waals surface area contributed by atoms with Crippen molar-refractivity contribution in [3.05, 3.63) is 66.0 Å². The van der Waals surface area contributed by atoms with E-state index in [1.54, 1.807) is 35.8 Å². The van der Waals surface area contributed by atoms with Crippen LogP contribution in [0.3, 0.4) is 0 Å². The molecule has 0 spiro atoms. The number of benzene rings is 2. The Morgan fingerprint density at radius 1 is 1.11 bits per heavy atom. The van der Waals surface area contributed by atoms with E-state index >= 15 is 0 Å². The monoisotopic (exact) mass is 372 g/mol. The molecule has 0 amide bonds. The van der Waals surface area contributed by atoms with E-state index < -0.39 is 17.6 Å². The highest BCUT2D eigenvalue weighted by Crippen LogP contribution is 2.28. The van der Waals surface area contributed by atoms with Crippen LogP contribution in [-0.2, 0) is 4.74 Å². The lowest BCUT2D eigenvalue weighted by Crippen LogP contribution is -2.04. The van der Waals surface area contributed by atoms with Gasteiger partial charge in [-0.05, 0) is 38.1 Å². The number of hydrogen-bond acceptors (Lipinski definition) is 4. The van der Waals surface area contributed by atoms with Crippen molar-refractivity contribution < 1.29 is 23.0 Å². The van der Waals surface area contributed by atoms with Gasteiger partial charge < -0.3 is 9.47 Å². The van der Waals surface area contributed by atoms with E-state index in [1.165, 1.54) is 12.3 Å². The van der Waals surface area contributed by atoms with E-state index in [0.29, 0.717) is 18.0 Å². The molecule has 0 saturated heterocycles. The van der Waals surface area contributed by atoms with E-state index in [1.807, 2.05) is 6.92 Å². The zero-order valence-corrected chi connectivity index (χ0v) is 14.9. The van der Waals surface area contributed by atoms with Crippen molar-refractivity contribution in [1.82, 2.24) is 9.55 Å². The molecule has 0 aliphatic heterocycles. The number of carbonyl (C=O) groups is 1. The van der Waals surface area contributed by atoms with Crippen LogP contribution in [-0.4, -0.2) is 28.7 Å². The summed E-state index contributed by atoms with van der Waals surface area (Å²) in [5.41, 5.74) is 0.703. The van der Waals surface area contributed by atoms with E-state index in [0.717, 1.165) is 12.1 Å². The molecule has 0 radical (unpaired) electrons. The van der Waals surface area contributed by atoms with Crippen molar-refractivity contribution >= 4 is 5.97 Å². The molecule has 27 heavy (non-hydrogen) atoms. The summed E-state index contributed by atoms with van der Waals surface area (Å²) >= 11 is 0. The standard InChI is InChI=1S/C20H18F2N2O3/c1-3-26-15-7-5-6-14(11-15)24-12-18(20(25)27-4-2)23-19(24)16-9-8-13(21)10-17(16)22/h5-12H,3-4H2,1-2H3. The average molecular weight is 372 g/mol. The summed E-state index contributed by atoms with van der Waals surface area (Å²) in [4.78, 5) is 16.3. The molecule has 0 fully saturated rings. The van der Waals surface area contributed by atoms with Crippen LogP contribution in [0.25, 0.3) is 17.1 Å². The van der Waals surface area contributed by atoms with Crippen LogP contribution in [0.2, 0.25) is 0 Å². The highest BCUT2D eigenvalue weighted by molar-refractivity contribution is 5.88. The van der Waals surface area contributed by atoms with E-state index in [9.17, 15) is 13.6 Å². The zero-order chi connectivity index (χ0) is 19.4. The van der Waals surface area contributed by atoms with Crippen molar-refractivity contribution in [3.8, 4) is 22.8 Å². The molecule has 0 aliphatic carbocycles. The molecule has 7 heteroatoms. The van der Waals surface area contributed by atoms with Gasteiger partial charge >= 0.3 is 5.97 Å². The minimum absolute atomic E-state index is 0.0254. The third kappa shape index (κ3) is 3.97. The van der Waals surface area contributed by atoms with E-state index in [2.05, 4.69) is 4.98 Å². The van der Waals surface area contributed by atoms with Crippen LogP contribution in [0.5, 0.6) is 5.75 Å². The Labute approximate surface area is 155 Å². The van der Waals surface area contributed by atoms with Gasteiger partial charge in [0.25, 0.3) is 0 Å². The van der Waals surface area contributed by atoms with Gasteiger partial charge in [0.2, 0.25) is 0 Å². The van der Waals surface area contributed by atoms with Crippen molar-refractivity contribution in [2.75, 3.05) is 13.2 Å². The normalized spacial score (nSPS) is 10.7. The molecule has 0 atom stereocenters. The molecule has 3 aromatic rings. The van der Waals surface area contributed by atoms with Gasteiger partial charge in [-0.25, -0.2) is 18.6 Å². The minimum Gasteiger partial charge on any atom is -0.494 e.